The highest BCUT2D eigenvalue weighted by molar-refractivity contribution is 6.30. The normalized spacial score (nSPS) is 19.9. The van der Waals surface area contributed by atoms with Crippen molar-refractivity contribution in [3.63, 3.8) is 0 Å². The maximum Gasteiger partial charge on any atom is 0.325 e. The minimum absolute atomic E-state index is 0.356. The molecule has 0 spiro atoms. The Hall–Kier alpha value is -3.26. The van der Waals surface area contributed by atoms with Crippen LogP contribution in [0.2, 0.25) is 5.02 Å². The van der Waals surface area contributed by atoms with Crippen LogP contribution in [0.4, 0.5) is 4.79 Å². The lowest BCUT2D eigenvalue weighted by atomic mass is 9.91. The standard InChI is InChI=1S/C22H22ClN3O5/c1-22(15-4-7-17-18(12-15)31-11-10-30-17)20(28)26(21(29)25-22)13-19(27)24-9-8-14-2-5-16(23)6-3-14/h2-7,12H,8-11,13H2,1H3,(H,24,27)(H,25,29)/t22-/m0/s1. The van der Waals surface area contributed by atoms with Crippen molar-refractivity contribution in [3.8, 4) is 11.5 Å². The molecule has 0 bridgehead atoms. The number of imide groups is 1. The molecular weight excluding hydrogens is 422 g/mol. The molecule has 2 N–H and O–H groups in total. The number of ether oxygens (including phenoxy) is 2. The van der Waals surface area contributed by atoms with Crippen molar-refractivity contribution in [2.45, 2.75) is 18.9 Å². The largest absolute Gasteiger partial charge is 0.486 e. The number of carbonyl (C=O) groups excluding carboxylic acids is 3. The van der Waals surface area contributed by atoms with Gasteiger partial charge >= 0.3 is 6.03 Å². The molecule has 31 heavy (non-hydrogen) atoms. The second-order valence-corrected chi connectivity index (χ2v) is 7.97. The Labute approximate surface area is 184 Å². The molecule has 2 aromatic carbocycles. The molecule has 4 amide bonds. The number of urea groups is 1. The molecule has 0 radical (unpaired) electrons. The van der Waals surface area contributed by atoms with Crippen LogP contribution in [0.15, 0.2) is 42.5 Å². The first-order valence-electron chi connectivity index (χ1n) is 9.92. The lowest BCUT2D eigenvalue weighted by molar-refractivity contribution is -0.134. The summed E-state index contributed by atoms with van der Waals surface area (Å²) in [6.07, 6.45) is 0.609. The van der Waals surface area contributed by atoms with Gasteiger partial charge in [0.1, 0.15) is 25.3 Å². The lowest BCUT2D eigenvalue weighted by Gasteiger charge is -2.25. The van der Waals surface area contributed by atoms with Gasteiger partial charge in [0.15, 0.2) is 11.5 Å². The number of benzene rings is 2. The Balaban J connectivity index is 1.38. The van der Waals surface area contributed by atoms with Crippen molar-refractivity contribution >= 4 is 29.4 Å². The van der Waals surface area contributed by atoms with Crippen LogP contribution < -0.4 is 20.1 Å². The van der Waals surface area contributed by atoms with Crippen LogP contribution in [0.25, 0.3) is 0 Å². The molecule has 2 heterocycles. The van der Waals surface area contributed by atoms with Crippen molar-refractivity contribution in [1.82, 2.24) is 15.5 Å². The molecule has 4 rings (SSSR count). The predicted octanol–water partition coefficient (Wildman–Crippen LogP) is 2.24. The fourth-order valence-electron chi connectivity index (χ4n) is 3.59. The summed E-state index contributed by atoms with van der Waals surface area (Å²) in [5, 5.41) is 6.08. The smallest absolute Gasteiger partial charge is 0.325 e. The molecule has 9 heteroatoms. The van der Waals surface area contributed by atoms with E-state index in [9.17, 15) is 14.4 Å². The number of hydrogen-bond donors (Lipinski definition) is 2. The first kappa shape index (κ1) is 21.0. The Morgan fingerprint density at radius 1 is 1.13 bits per heavy atom. The Bertz CT molecular complexity index is 1030. The maximum atomic E-state index is 13.0. The van der Waals surface area contributed by atoms with Gasteiger partial charge in [-0.25, -0.2) is 4.79 Å². The third kappa shape index (κ3) is 4.29. The van der Waals surface area contributed by atoms with E-state index in [0.29, 0.717) is 48.3 Å². The number of rotatable bonds is 6. The van der Waals surface area contributed by atoms with E-state index in [1.807, 2.05) is 12.1 Å². The Kier molecular flexibility index (Phi) is 5.73. The van der Waals surface area contributed by atoms with Crippen LogP contribution in [0.5, 0.6) is 11.5 Å². The van der Waals surface area contributed by atoms with Gasteiger partial charge in [0.2, 0.25) is 5.91 Å². The summed E-state index contributed by atoms with van der Waals surface area (Å²) in [5.74, 6) is 0.198. The van der Waals surface area contributed by atoms with E-state index in [0.717, 1.165) is 10.5 Å². The summed E-state index contributed by atoms with van der Waals surface area (Å²) >= 11 is 5.86. The fraction of sp³-hybridized carbons (Fsp3) is 0.318. The van der Waals surface area contributed by atoms with Gasteiger partial charge in [-0.2, -0.15) is 0 Å². The van der Waals surface area contributed by atoms with Gasteiger partial charge < -0.3 is 20.1 Å². The van der Waals surface area contributed by atoms with Gasteiger partial charge in [0, 0.05) is 11.6 Å². The molecule has 162 valence electrons. The third-order valence-corrected chi connectivity index (χ3v) is 5.60. The average molecular weight is 444 g/mol. The van der Waals surface area contributed by atoms with Crippen molar-refractivity contribution in [2.75, 3.05) is 26.3 Å². The van der Waals surface area contributed by atoms with Crippen molar-refractivity contribution in [1.29, 1.82) is 0 Å². The van der Waals surface area contributed by atoms with E-state index >= 15 is 0 Å². The molecule has 8 nitrogen and oxygen atoms in total. The second kappa shape index (κ2) is 8.47. The second-order valence-electron chi connectivity index (χ2n) is 7.53. The highest BCUT2D eigenvalue weighted by atomic mass is 35.5. The van der Waals surface area contributed by atoms with Gasteiger partial charge in [-0.05, 0) is 48.7 Å². The van der Waals surface area contributed by atoms with E-state index in [1.165, 1.54) is 0 Å². The molecule has 1 atom stereocenters. The van der Waals surface area contributed by atoms with Gasteiger partial charge in [0.25, 0.3) is 5.91 Å². The van der Waals surface area contributed by atoms with Crippen LogP contribution in [0, 0.1) is 0 Å². The first-order valence-corrected chi connectivity index (χ1v) is 10.3. The molecule has 1 saturated heterocycles. The zero-order valence-corrected chi connectivity index (χ0v) is 17.7. The SMILES string of the molecule is C[C@@]1(c2ccc3c(c2)OCCO3)NC(=O)N(CC(=O)NCCc2ccc(Cl)cc2)C1=O. The number of fused-ring (bicyclic) bond motifs is 1. The lowest BCUT2D eigenvalue weighted by Crippen LogP contribution is -2.43. The fourth-order valence-corrected chi connectivity index (χ4v) is 3.71. The number of nitrogens with zero attached hydrogens (tertiary/aromatic N) is 1. The zero-order chi connectivity index (χ0) is 22.0. The van der Waals surface area contributed by atoms with Crippen LogP contribution in [-0.2, 0) is 21.5 Å². The minimum atomic E-state index is -1.30. The number of amides is 4. The van der Waals surface area contributed by atoms with Crippen LogP contribution in [0.1, 0.15) is 18.1 Å². The van der Waals surface area contributed by atoms with Gasteiger partial charge in [-0.15, -0.1) is 0 Å². The highest BCUT2D eigenvalue weighted by Crippen LogP contribution is 2.36. The van der Waals surface area contributed by atoms with Crippen LogP contribution in [-0.4, -0.2) is 49.0 Å². The van der Waals surface area contributed by atoms with Crippen LogP contribution >= 0.6 is 11.6 Å². The molecular formula is C22H22ClN3O5. The summed E-state index contributed by atoms with van der Waals surface area (Å²) in [4.78, 5) is 38.8. The monoisotopic (exact) mass is 443 g/mol. The van der Waals surface area contributed by atoms with Crippen LogP contribution in [0.3, 0.4) is 0 Å². The van der Waals surface area contributed by atoms with Crippen molar-refractivity contribution < 1.29 is 23.9 Å². The summed E-state index contributed by atoms with van der Waals surface area (Å²) in [6, 6.07) is 11.8. The maximum absolute atomic E-state index is 13.0. The van der Waals surface area contributed by atoms with Gasteiger partial charge in [-0.1, -0.05) is 29.8 Å². The molecule has 2 aliphatic heterocycles. The van der Waals surface area contributed by atoms with Crippen molar-refractivity contribution in [2.24, 2.45) is 0 Å². The Morgan fingerprint density at radius 2 is 1.84 bits per heavy atom. The predicted molar refractivity (Wildman–Crippen MR) is 113 cm³/mol. The zero-order valence-electron chi connectivity index (χ0n) is 16.9. The van der Waals surface area contributed by atoms with Crippen molar-refractivity contribution in [3.05, 3.63) is 58.6 Å². The van der Waals surface area contributed by atoms with E-state index in [4.69, 9.17) is 21.1 Å². The van der Waals surface area contributed by atoms with Gasteiger partial charge in [-0.3, -0.25) is 14.5 Å². The average Bonchev–Trinajstić information content (AvgIpc) is 2.98. The topological polar surface area (TPSA) is 97.0 Å². The number of hydrogen-bond acceptors (Lipinski definition) is 5. The van der Waals surface area contributed by atoms with E-state index < -0.39 is 23.4 Å². The van der Waals surface area contributed by atoms with E-state index in [1.54, 1.807) is 37.3 Å². The quantitative estimate of drug-likeness (QED) is 0.667. The first-order chi connectivity index (χ1) is 14.9. The molecule has 2 aromatic rings. The number of nitrogens with one attached hydrogen (secondary N) is 2. The molecule has 1 fully saturated rings. The third-order valence-electron chi connectivity index (χ3n) is 5.35. The molecule has 0 unspecified atom stereocenters. The summed E-state index contributed by atoms with van der Waals surface area (Å²) in [5.41, 5.74) is 0.280. The Morgan fingerprint density at radius 3 is 2.58 bits per heavy atom. The highest BCUT2D eigenvalue weighted by Gasteiger charge is 2.49. The summed E-state index contributed by atoms with van der Waals surface area (Å²) < 4.78 is 11.1. The van der Waals surface area contributed by atoms with E-state index in [2.05, 4.69) is 10.6 Å². The molecule has 2 aliphatic rings. The summed E-state index contributed by atoms with van der Waals surface area (Å²) in [6.45, 7) is 2.50. The molecule has 0 aliphatic carbocycles. The number of carbonyl (C=O) groups is 3. The minimum Gasteiger partial charge on any atom is -0.486 e. The van der Waals surface area contributed by atoms with E-state index in [-0.39, 0.29) is 6.54 Å². The van der Waals surface area contributed by atoms with Gasteiger partial charge in [0.05, 0.1) is 0 Å². The summed E-state index contributed by atoms with van der Waals surface area (Å²) in [7, 11) is 0. The molecule has 0 aromatic heterocycles. The molecule has 0 saturated carbocycles. The number of halogens is 1.